The first kappa shape index (κ1) is 18.1. The van der Waals surface area contributed by atoms with E-state index in [2.05, 4.69) is 15.2 Å². The Bertz CT molecular complexity index is 793. The van der Waals surface area contributed by atoms with Gasteiger partial charge in [0.1, 0.15) is 5.82 Å². The van der Waals surface area contributed by atoms with Gasteiger partial charge >= 0.3 is 0 Å². The highest BCUT2D eigenvalue weighted by Gasteiger charge is 2.52. The molecule has 5 nitrogen and oxygen atoms in total. The summed E-state index contributed by atoms with van der Waals surface area (Å²) in [5.41, 5.74) is 1.22. The first-order valence-electron chi connectivity index (χ1n) is 9.44. The molecule has 1 atom stereocenters. The molecule has 0 aliphatic carbocycles. The van der Waals surface area contributed by atoms with E-state index in [4.69, 9.17) is 4.74 Å². The van der Waals surface area contributed by atoms with Gasteiger partial charge in [0, 0.05) is 56.3 Å². The summed E-state index contributed by atoms with van der Waals surface area (Å²) in [7, 11) is 0. The van der Waals surface area contributed by atoms with E-state index in [0.717, 1.165) is 38.1 Å². The molecular weight excluding hydrogens is 345 g/mol. The summed E-state index contributed by atoms with van der Waals surface area (Å²) in [6.07, 6.45) is 5.14. The van der Waals surface area contributed by atoms with Gasteiger partial charge < -0.3 is 10.1 Å². The molecule has 2 aromatic rings. The van der Waals surface area contributed by atoms with Gasteiger partial charge in [-0.1, -0.05) is 18.2 Å². The van der Waals surface area contributed by atoms with Crippen molar-refractivity contribution in [2.24, 2.45) is 5.92 Å². The van der Waals surface area contributed by atoms with Gasteiger partial charge in [-0.05, 0) is 37.0 Å². The Morgan fingerprint density at radius 2 is 2.04 bits per heavy atom. The molecule has 2 aliphatic rings. The number of amides is 1. The summed E-state index contributed by atoms with van der Waals surface area (Å²) < 4.78 is 19.9. The molecule has 1 amide bonds. The largest absolute Gasteiger partial charge is 0.372 e. The predicted octanol–water partition coefficient (Wildman–Crippen LogP) is 2.63. The number of benzene rings is 1. The summed E-state index contributed by atoms with van der Waals surface area (Å²) in [5, 5.41) is 2.98. The standard InChI is InChI=1S/C21H24FN3O2/c22-19-4-2-1-3-17(19)13-25-14-21(15-25)18(8-12-27-21)7-11-24-20(26)16-5-9-23-10-6-16/h1-6,9-10,18H,7-8,11-15H2,(H,24,26). The molecule has 142 valence electrons. The topological polar surface area (TPSA) is 54.5 Å². The van der Waals surface area contributed by atoms with Crippen LogP contribution in [0.3, 0.4) is 0 Å². The minimum atomic E-state index is -0.152. The van der Waals surface area contributed by atoms with E-state index in [1.54, 1.807) is 30.6 Å². The Morgan fingerprint density at radius 3 is 2.81 bits per heavy atom. The zero-order chi connectivity index (χ0) is 18.7. The maximum absolute atomic E-state index is 13.8. The van der Waals surface area contributed by atoms with Crippen LogP contribution in [0.1, 0.15) is 28.8 Å². The van der Waals surface area contributed by atoms with Crippen molar-refractivity contribution in [2.45, 2.75) is 25.0 Å². The summed E-state index contributed by atoms with van der Waals surface area (Å²) in [5.74, 6) is 0.202. The van der Waals surface area contributed by atoms with E-state index in [-0.39, 0.29) is 17.3 Å². The number of likely N-dealkylation sites (tertiary alicyclic amines) is 1. The van der Waals surface area contributed by atoms with Crippen molar-refractivity contribution in [2.75, 3.05) is 26.2 Å². The highest BCUT2D eigenvalue weighted by Crippen LogP contribution is 2.42. The fraction of sp³-hybridized carbons (Fsp3) is 0.429. The van der Waals surface area contributed by atoms with Crippen LogP contribution in [-0.4, -0.2) is 47.6 Å². The van der Waals surface area contributed by atoms with Crippen molar-refractivity contribution in [3.05, 3.63) is 65.7 Å². The van der Waals surface area contributed by atoms with E-state index in [9.17, 15) is 9.18 Å². The highest BCUT2D eigenvalue weighted by atomic mass is 19.1. The molecule has 27 heavy (non-hydrogen) atoms. The molecule has 1 spiro atoms. The van der Waals surface area contributed by atoms with Gasteiger partial charge in [-0.2, -0.15) is 0 Å². The number of ether oxygens (including phenoxy) is 1. The van der Waals surface area contributed by atoms with Gasteiger partial charge in [0.2, 0.25) is 0 Å². The summed E-state index contributed by atoms with van der Waals surface area (Å²) >= 11 is 0. The predicted molar refractivity (Wildman–Crippen MR) is 99.7 cm³/mol. The molecule has 1 aromatic carbocycles. The molecule has 2 saturated heterocycles. The lowest BCUT2D eigenvalue weighted by atomic mass is 9.78. The second kappa shape index (κ2) is 7.74. The minimum Gasteiger partial charge on any atom is -0.372 e. The molecule has 0 saturated carbocycles. The average Bonchev–Trinajstić information content (AvgIpc) is 3.08. The fourth-order valence-electron chi connectivity index (χ4n) is 4.20. The monoisotopic (exact) mass is 369 g/mol. The van der Waals surface area contributed by atoms with E-state index in [1.165, 1.54) is 6.07 Å². The first-order valence-corrected chi connectivity index (χ1v) is 9.44. The summed E-state index contributed by atoms with van der Waals surface area (Å²) in [6, 6.07) is 10.3. The number of pyridine rings is 1. The van der Waals surface area contributed by atoms with Gasteiger partial charge in [-0.15, -0.1) is 0 Å². The lowest BCUT2D eigenvalue weighted by Crippen LogP contribution is -2.64. The van der Waals surface area contributed by atoms with E-state index >= 15 is 0 Å². The normalized spacial score (nSPS) is 21.1. The van der Waals surface area contributed by atoms with Crippen LogP contribution >= 0.6 is 0 Å². The molecule has 3 heterocycles. The van der Waals surface area contributed by atoms with E-state index in [0.29, 0.717) is 24.6 Å². The Hall–Kier alpha value is -2.31. The maximum atomic E-state index is 13.8. The van der Waals surface area contributed by atoms with Gasteiger partial charge in [0.25, 0.3) is 5.91 Å². The number of nitrogens with zero attached hydrogens (tertiary/aromatic N) is 2. The van der Waals surface area contributed by atoms with Crippen molar-refractivity contribution in [3.8, 4) is 0 Å². The Labute approximate surface area is 158 Å². The number of rotatable bonds is 6. The molecule has 4 rings (SSSR count). The third kappa shape index (κ3) is 3.87. The van der Waals surface area contributed by atoms with E-state index < -0.39 is 0 Å². The Balaban J connectivity index is 1.26. The molecule has 1 unspecified atom stereocenters. The number of hydrogen-bond acceptors (Lipinski definition) is 4. The van der Waals surface area contributed by atoms with Gasteiger partial charge in [-0.3, -0.25) is 14.7 Å². The summed E-state index contributed by atoms with van der Waals surface area (Å²) in [4.78, 5) is 18.3. The van der Waals surface area contributed by atoms with Gasteiger partial charge in [0.05, 0.1) is 5.60 Å². The van der Waals surface area contributed by atoms with Crippen LogP contribution in [0.4, 0.5) is 4.39 Å². The van der Waals surface area contributed by atoms with Crippen LogP contribution in [0.25, 0.3) is 0 Å². The number of carbonyl (C=O) groups excluding carboxylic acids is 1. The van der Waals surface area contributed by atoms with Crippen LogP contribution in [-0.2, 0) is 11.3 Å². The minimum absolute atomic E-state index is 0.0693. The van der Waals surface area contributed by atoms with Crippen molar-refractivity contribution < 1.29 is 13.9 Å². The molecule has 0 radical (unpaired) electrons. The van der Waals surface area contributed by atoms with Gasteiger partial charge in [-0.25, -0.2) is 4.39 Å². The second-order valence-electron chi connectivity index (χ2n) is 7.42. The van der Waals surface area contributed by atoms with E-state index in [1.807, 2.05) is 12.1 Å². The number of carbonyl (C=O) groups is 1. The molecular formula is C21H24FN3O2. The lowest BCUT2D eigenvalue weighted by Gasteiger charge is -2.50. The summed E-state index contributed by atoms with van der Waals surface area (Å²) in [6.45, 7) is 3.65. The second-order valence-corrected chi connectivity index (χ2v) is 7.42. The number of aromatic nitrogens is 1. The third-order valence-electron chi connectivity index (χ3n) is 5.65. The fourth-order valence-corrected chi connectivity index (χ4v) is 4.20. The first-order chi connectivity index (χ1) is 13.2. The van der Waals surface area contributed by atoms with Crippen molar-refractivity contribution in [1.29, 1.82) is 0 Å². The molecule has 2 aliphatic heterocycles. The third-order valence-corrected chi connectivity index (χ3v) is 5.65. The molecule has 6 heteroatoms. The van der Waals surface area contributed by atoms with Crippen LogP contribution in [0.5, 0.6) is 0 Å². The number of nitrogens with one attached hydrogen (secondary N) is 1. The SMILES string of the molecule is O=C(NCCC1CCOC12CN(Cc1ccccc1F)C2)c1ccncc1. The van der Waals surface area contributed by atoms with Gasteiger partial charge in [0.15, 0.2) is 0 Å². The molecule has 2 fully saturated rings. The Kier molecular flexibility index (Phi) is 5.18. The highest BCUT2D eigenvalue weighted by molar-refractivity contribution is 5.93. The smallest absolute Gasteiger partial charge is 0.251 e. The lowest BCUT2D eigenvalue weighted by molar-refractivity contribution is -0.137. The molecule has 0 bridgehead atoms. The van der Waals surface area contributed by atoms with Crippen LogP contribution in [0.2, 0.25) is 0 Å². The quantitative estimate of drug-likeness (QED) is 0.851. The molecule has 1 aromatic heterocycles. The zero-order valence-electron chi connectivity index (χ0n) is 15.2. The van der Waals surface area contributed by atoms with Crippen LogP contribution < -0.4 is 5.32 Å². The maximum Gasteiger partial charge on any atom is 0.251 e. The van der Waals surface area contributed by atoms with Crippen molar-refractivity contribution in [3.63, 3.8) is 0 Å². The average molecular weight is 369 g/mol. The van der Waals surface area contributed by atoms with Crippen molar-refractivity contribution >= 4 is 5.91 Å². The van der Waals surface area contributed by atoms with Crippen LogP contribution in [0, 0.1) is 11.7 Å². The van der Waals surface area contributed by atoms with Crippen LogP contribution in [0.15, 0.2) is 48.8 Å². The number of hydrogen-bond donors (Lipinski definition) is 1. The molecule has 1 N–H and O–H groups in total. The van der Waals surface area contributed by atoms with Crippen molar-refractivity contribution in [1.82, 2.24) is 15.2 Å². The zero-order valence-corrected chi connectivity index (χ0v) is 15.2. The number of halogens is 1. The Morgan fingerprint density at radius 1 is 1.26 bits per heavy atom.